The van der Waals surface area contributed by atoms with Gasteiger partial charge in [-0.25, -0.2) is 9.18 Å². The fourth-order valence-electron chi connectivity index (χ4n) is 3.94. The molecule has 4 rings (SSSR count). The number of H-pyrrole nitrogens is 1. The molecule has 2 fully saturated rings. The Morgan fingerprint density at radius 1 is 1.35 bits per heavy atom. The molecule has 2 unspecified atom stereocenters. The van der Waals surface area contributed by atoms with Gasteiger partial charge in [-0.15, -0.1) is 0 Å². The van der Waals surface area contributed by atoms with Crippen molar-refractivity contribution in [3.63, 3.8) is 0 Å². The summed E-state index contributed by atoms with van der Waals surface area (Å²) in [6.45, 7) is 3.51. The number of nitrogens with zero attached hydrogens (tertiary/aromatic N) is 1. The molecule has 7 heteroatoms. The van der Waals surface area contributed by atoms with Crippen LogP contribution in [0.2, 0.25) is 0 Å². The topological polar surface area (TPSA) is 99.4 Å². The second-order valence-electron chi connectivity index (χ2n) is 7.05. The fraction of sp³-hybridized carbons (Fsp3) is 0.368. The number of fused-ring (bicyclic) bond motifs is 1. The number of rotatable bonds is 4. The number of anilines is 1. The number of aryl methyl sites for hydroxylation is 1. The zero-order valence-electron chi connectivity index (χ0n) is 14.3. The van der Waals surface area contributed by atoms with Crippen LogP contribution in [0.4, 0.5) is 10.1 Å². The smallest absolute Gasteiger partial charge is 0.341 e. The van der Waals surface area contributed by atoms with Gasteiger partial charge in [0, 0.05) is 30.4 Å². The molecular weight excluding hydrogens is 337 g/mol. The first-order chi connectivity index (χ1) is 12.4. The third-order valence-corrected chi connectivity index (χ3v) is 5.58. The summed E-state index contributed by atoms with van der Waals surface area (Å²) in [7, 11) is 0. The maximum absolute atomic E-state index is 14.8. The number of piperidine rings is 1. The number of carboxylic acids is 1. The molecule has 2 heterocycles. The Bertz CT molecular complexity index is 944. The van der Waals surface area contributed by atoms with E-state index in [0.29, 0.717) is 29.5 Å². The Balaban J connectivity index is 1.69. The molecule has 0 amide bonds. The van der Waals surface area contributed by atoms with E-state index >= 15 is 0 Å². The summed E-state index contributed by atoms with van der Waals surface area (Å²) in [6, 6.07) is 6.53. The number of hydrogen-bond donors (Lipinski definition) is 3. The van der Waals surface area contributed by atoms with E-state index in [0.717, 1.165) is 18.8 Å². The Morgan fingerprint density at radius 3 is 2.62 bits per heavy atom. The maximum Gasteiger partial charge on any atom is 0.341 e. The summed E-state index contributed by atoms with van der Waals surface area (Å²) in [6.07, 6.45) is 0.473. The van der Waals surface area contributed by atoms with Gasteiger partial charge in [0.2, 0.25) is 0 Å². The Kier molecular flexibility index (Phi) is 3.84. The molecule has 1 saturated carbocycles. The summed E-state index contributed by atoms with van der Waals surface area (Å²) in [5, 5.41) is 9.09. The van der Waals surface area contributed by atoms with Crippen molar-refractivity contribution in [3.05, 3.63) is 51.6 Å². The molecule has 1 aromatic carbocycles. The van der Waals surface area contributed by atoms with Gasteiger partial charge < -0.3 is 20.7 Å². The Hall–Kier alpha value is -2.67. The first kappa shape index (κ1) is 16.8. The molecule has 1 aliphatic heterocycles. The summed E-state index contributed by atoms with van der Waals surface area (Å²) >= 11 is 0. The van der Waals surface area contributed by atoms with Crippen molar-refractivity contribution in [2.75, 3.05) is 18.0 Å². The third kappa shape index (κ3) is 2.59. The molecular formula is C19H20FN3O3. The summed E-state index contributed by atoms with van der Waals surface area (Å²) in [5.74, 6) is -0.733. The molecule has 2 aromatic rings. The number of hydrogen-bond acceptors (Lipinski definition) is 4. The van der Waals surface area contributed by atoms with E-state index < -0.39 is 17.3 Å². The molecule has 26 heavy (non-hydrogen) atoms. The van der Waals surface area contributed by atoms with E-state index in [-0.39, 0.29) is 17.2 Å². The highest BCUT2D eigenvalue weighted by Gasteiger charge is 2.53. The first-order valence-corrected chi connectivity index (χ1v) is 8.70. The van der Waals surface area contributed by atoms with Crippen LogP contribution in [-0.2, 0) is 6.42 Å². The number of nitrogens with two attached hydrogens (primary N) is 1. The largest absolute Gasteiger partial charge is 0.477 e. The number of benzene rings is 1. The third-order valence-electron chi connectivity index (χ3n) is 5.58. The van der Waals surface area contributed by atoms with Crippen LogP contribution in [0.3, 0.4) is 0 Å². The van der Waals surface area contributed by atoms with Crippen molar-refractivity contribution in [3.8, 4) is 11.3 Å². The van der Waals surface area contributed by atoms with E-state index in [1.807, 2.05) is 13.0 Å². The van der Waals surface area contributed by atoms with E-state index in [1.165, 1.54) is 12.1 Å². The second kappa shape index (κ2) is 5.95. The first-order valence-electron chi connectivity index (χ1n) is 8.70. The number of nitrogens with one attached hydrogen (secondary N) is 1. The lowest BCUT2D eigenvalue weighted by atomic mass is 10.0. The van der Waals surface area contributed by atoms with E-state index in [4.69, 9.17) is 10.8 Å². The molecule has 0 spiro atoms. The molecule has 6 nitrogen and oxygen atoms in total. The highest BCUT2D eigenvalue weighted by molar-refractivity contribution is 5.88. The SMILES string of the molecule is CCc1cc(C(=O)O)c(=O)[nH]c1-c1ccc(N2CC3C(N)C3C2)cc1F. The van der Waals surface area contributed by atoms with Crippen LogP contribution >= 0.6 is 0 Å². The molecule has 4 N–H and O–H groups in total. The van der Waals surface area contributed by atoms with Gasteiger partial charge in [0.15, 0.2) is 0 Å². The lowest BCUT2D eigenvalue weighted by molar-refractivity contribution is 0.0695. The molecule has 136 valence electrons. The van der Waals surface area contributed by atoms with Gasteiger partial charge in [-0.05, 0) is 48.1 Å². The average Bonchev–Trinajstić information content (AvgIpc) is 3.03. The fourth-order valence-corrected chi connectivity index (χ4v) is 3.94. The number of aromatic amines is 1. The number of aromatic carboxylic acids is 1. The van der Waals surface area contributed by atoms with Crippen LogP contribution in [0.25, 0.3) is 11.3 Å². The molecule has 1 aromatic heterocycles. The van der Waals surface area contributed by atoms with E-state index in [1.54, 1.807) is 6.07 Å². The lowest BCUT2D eigenvalue weighted by Crippen LogP contribution is -2.28. The second-order valence-corrected chi connectivity index (χ2v) is 7.05. The molecule has 1 saturated heterocycles. The van der Waals surface area contributed by atoms with Crippen LogP contribution in [0.5, 0.6) is 0 Å². The lowest BCUT2D eigenvalue weighted by Gasteiger charge is -2.22. The summed E-state index contributed by atoms with van der Waals surface area (Å²) in [5.41, 5.74) is 6.85. The van der Waals surface area contributed by atoms with Crippen LogP contribution in [0.15, 0.2) is 29.1 Å². The quantitative estimate of drug-likeness (QED) is 0.775. The monoisotopic (exact) mass is 357 g/mol. The van der Waals surface area contributed by atoms with E-state index in [9.17, 15) is 14.0 Å². The van der Waals surface area contributed by atoms with Gasteiger partial charge in [0.1, 0.15) is 11.4 Å². The minimum atomic E-state index is -1.30. The molecule has 1 aliphatic carbocycles. The van der Waals surface area contributed by atoms with Crippen molar-refractivity contribution in [2.24, 2.45) is 17.6 Å². The number of carbonyl (C=O) groups is 1. The minimum Gasteiger partial charge on any atom is -0.477 e. The predicted octanol–water partition coefficient (Wildman–Crippen LogP) is 1.83. The average molecular weight is 357 g/mol. The number of halogens is 1. The normalized spacial score (nSPS) is 23.8. The molecule has 2 aliphatic rings. The maximum atomic E-state index is 14.8. The molecule has 0 bridgehead atoms. The number of pyridine rings is 1. The Labute approximate surface area is 149 Å². The van der Waals surface area contributed by atoms with Crippen LogP contribution in [0, 0.1) is 17.7 Å². The number of carboxylic acid groups (broad SMARTS) is 1. The highest BCUT2D eigenvalue weighted by Crippen LogP contribution is 2.45. The van der Waals surface area contributed by atoms with Crippen molar-refractivity contribution in [1.82, 2.24) is 4.98 Å². The zero-order valence-corrected chi connectivity index (χ0v) is 14.3. The van der Waals surface area contributed by atoms with Gasteiger partial charge in [-0.3, -0.25) is 4.79 Å². The summed E-state index contributed by atoms with van der Waals surface area (Å²) in [4.78, 5) is 27.8. The summed E-state index contributed by atoms with van der Waals surface area (Å²) < 4.78 is 14.8. The van der Waals surface area contributed by atoms with Crippen molar-refractivity contribution >= 4 is 11.7 Å². The molecule has 2 atom stereocenters. The van der Waals surface area contributed by atoms with Gasteiger partial charge in [-0.1, -0.05) is 6.92 Å². The van der Waals surface area contributed by atoms with E-state index in [2.05, 4.69) is 9.88 Å². The van der Waals surface area contributed by atoms with Crippen molar-refractivity contribution < 1.29 is 14.3 Å². The predicted molar refractivity (Wildman–Crippen MR) is 96.0 cm³/mol. The molecule has 0 radical (unpaired) electrons. The Morgan fingerprint density at radius 2 is 2.04 bits per heavy atom. The van der Waals surface area contributed by atoms with Crippen LogP contribution < -0.4 is 16.2 Å². The minimum absolute atomic E-state index is 0.265. The number of aromatic nitrogens is 1. The van der Waals surface area contributed by atoms with Crippen molar-refractivity contribution in [2.45, 2.75) is 19.4 Å². The van der Waals surface area contributed by atoms with Crippen LogP contribution in [0.1, 0.15) is 22.8 Å². The van der Waals surface area contributed by atoms with Gasteiger partial charge in [-0.2, -0.15) is 0 Å². The van der Waals surface area contributed by atoms with Crippen LogP contribution in [-0.4, -0.2) is 35.2 Å². The van der Waals surface area contributed by atoms with Gasteiger partial charge in [0.05, 0.1) is 5.69 Å². The van der Waals surface area contributed by atoms with Gasteiger partial charge in [0.25, 0.3) is 5.56 Å². The van der Waals surface area contributed by atoms with Crippen molar-refractivity contribution in [1.29, 1.82) is 0 Å². The standard InChI is InChI=1S/C19H20FN3O3/c1-2-9-5-12(19(25)26)18(24)22-17(9)11-4-3-10(6-15(11)20)23-7-13-14(8-23)16(13)21/h3-6,13-14,16H,2,7-8,21H2,1H3,(H,22,24)(H,25,26). The zero-order chi connectivity index (χ0) is 18.6. The highest BCUT2D eigenvalue weighted by atomic mass is 19.1. The van der Waals surface area contributed by atoms with Gasteiger partial charge >= 0.3 is 5.97 Å².